The summed E-state index contributed by atoms with van der Waals surface area (Å²) in [6.45, 7) is 0. The first kappa shape index (κ1) is 11.7. The average molecular weight is 244 g/mol. The van der Waals surface area contributed by atoms with Crippen LogP contribution in [0.15, 0.2) is 84.5 Å². The molecule has 0 nitrogen and oxygen atoms in total. The third-order valence-corrected chi connectivity index (χ3v) is 3.31. The molecule has 0 saturated carbocycles. The molecule has 92 valence electrons. The molecule has 0 saturated heterocycles. The van der Waals surface area contributed by atoms with Crippen LogP contribution in [0.3, 0.4) is 0 Å². The highest BCUT2D eigenvalue weighted by Gasteiger charge is 2.08. The van der Waals surface area contributed by atoms with Gasteiger partial charge in [-0.25, -0.2) is 0 Å². The molecule has 0 aliphatic heterocycles. The summed E-state index contributed by atoms with van der Waals surface area (Å²) in [7, 11) is 0. The minimum atomic E-state index is 0.996. The van der Waals surface area contributed by atoms with Crippen molar-refractivity contribution in [2.75, 3.05) is 0 Å². The summed E-state index contributed by atoms with van der Waals surface area (Å²) in [5.74, 6) is 0. The Morgan fingerprint density at radius 2 is 1.47 bits per heavy atom. The largest absolute Gasteiger partial charge is 0.0801 e. The molecular formula is C19H16. The van der Waals surface area contributed by atoms with Gasteiger partial charge in [-0.15, -0.1) is 0 Å². The van der Waals surface area contributed by atoms with Crippen molar-refractivity contribution in [3.8, 4) is 0 Å². The number of hydrogen-bond donors (Lipinski definition) is 0. The predicted octanol–water partition coefficient (Wildman–Crippen LogP) is 5.11. The van der Waals surface area contributed by atoms with E-state index in [1.165, 1.54) is 22.3 Å². The Bertz CT molecular complexity index is 628. The van der Waals surface area contributed by atoms with E-state index in [2.05, 4.69) is 85.0 Å². The van der Waals surface area contributed by atoms with Crippen LogP contribution in [0, 0.1) is 0 Å². The summed E-state index contributed by atoms with van der Waals surface area (Å²) in [6, 6.07) is 21.1. The van der Waals surface area contributed by atoms with Gasteiger partial charge in [0.15, 0.2) is 0 Å². The normalized spacial score (nSPS) is 16.4. The summed E-state index contributed by atoms with van der Waals surface area (Å²) < 4.78 is 0. The van der Waals surface area contributed by atoms with E-state index in [9.17, 15) is 0 Å². The zero-order chi connectivity index (χ0) is 12.9. The van der Waals surface area contributed by atoms with E-state index in [0.717, 1.165) is 6.42 Å². The van der Waals surface area contributed by atoms with E-state index in [1.807, 2.05) is 0 Å². The quantitative estimate of drug-likeness (QED) is 0.688. The first-order chi connectivity index (χ1) is 9.43. The number of rotatable bonds is 2. The molecule has 0 spiro atoms. The molecule has 0 atom stereocenters. The van der Waals surface area contributed by atoms with Crippen LogP contribution < -0.4 is 0 Å². The van der Waals surface area contributed by atoms with Gasteiger partial charge in [0.05, 0.1) is 0 Å². The maximum absolute atomic E-state index is 2.28. The first-order valence-corrected chi connectivity index (χ1v) is 6.62. The van der Waals surface area contributed by atoms with Gasteiger partial charge in [-0.05, 0) is 28.7 Å². The van der Waals surface area contributed by atoms with Crippen molar-refractivity contribution in [3.63, 3.8) is 0 Å². The predicted molar refractivity (Wildman–Crippen MR) is 82.6 cm³/mol. The fourth-order valence-corrected chi connectivity index (χ4v) is 2.36. The van der Waals surface area contributed by atoms with Crippen molar-refractivity contribution in [2.24, 2.45) is 0 Å². The minimum Gasteiger partial charge on any atom is -0.0801 e. The van der Waals surface area contributed by atoms with E-state index in [0.29, 0.717) is 0 Å². The van der Waals surface area contributed by atoms with Gasteiger partial charge in [0, 0.05) is 0 Å². The van der Waals surface area contributed by atoms with Gasteiger partial charge in [0.25, 0.3) is 0 Å². The van der Waals surface area contributed by atoms with Crippen LogP contribution in [0.4, 0.5) is 0 Å². The smallest absolute Gasteiger partial charge is 0.00879 e. The van der Waals surface area contributed by atoms with E-state index in [-0.39, 0.29) is 0 Å². The second-order valence-corrected chi connectivity index (χ2v) is 4.66. The highest BCUT2D eigenvalue weighted by atomic mass is 14.1. The topological polar surface area (TPSA) is 0 Å². The molecule has 19 heavy (non-hydrogen) atoms. The highest BCUT2D eigenvalue weighted by molar-refractivity contribution is 5.86. The molecule has 0 radical (unpaired) electrons. The number of benzene rings is 2. The Morgan fingerprint density at radius 1 is 0.789 bits per heavy atom. The number of hydrogen-bond acceptors (Lipinski definition) is 0. The van der Waals surface area contributed by atoms with Gasteiger partial charge in [0.1, 0.15) is 0 Å². The zero-order valence-corrected chi connectivity index (χ0v) is 10.8. The molecule has 2 aromatic rings. The van der Waals surface area contributed by atoms with Gasteiger partial charge in [0.2, 0.25) is 0 Å². The lowest BCUT2D eigenvalue weighted by Crippen LogP contribution is -1.93. The van der Waals surface area contributed by atoms with Crippen molar-refractivity contribution in [2.45, 2.75) is 6.42 Å². The lowest BCUT2D eigenvalue weighted by molar-refractivity contribution is 1.29. The van der Waals surface area contributed by atoms with Crippen molar-refractivity contribution in [1.82, 2.24) is 0 Å². The standard InChI is InChI=1S/C19H16/c1-3-9-16(10-4-1)15-18-13-7-8-14-19(18)17-11-5-2-6-12-17/h1-12,14-15H,13H2. The molecule has 0 amide bonds. The van der Waals surface area contributed by atoms with Crippen molar-refractivity contribution in [3.05, 3.63) is 95.6 Å². The minimum absolute atomic E-state index is 0.996. The second-order valence-electron chi connectivity index (χ2n) is 4.66. The summed E-state index contributed by atoms with van der Waals surface area (Å²) >= 11 is 0. The van der Waals surface area contributed by atoms with Gasteiger partial charge < -0.3 is 0 Å². The highest BCUT2D eigenvalue weighted by Crippen LogP contribution is 2.30. The van der Waals surface area contributed by atoms with Crippen LogP contribution >= 0.6 is 0 Å². The summed E-state index contributed by atoms with van der Waals surface area (Å²) in [4.78, 5) is 0. The van der Waals surface area contributed by atoms with E-state index in [1.54, 1.807) is 0 Å². The van der Waals surface area contributed by atoms with Gasteiger partial charge in [-0.1, -0.05) is 85.0 Å². The molecule has 1 aliphatic rings. The lowest BCUT2D eigenvalue weighted by atomic mass is 9.91. The van der Waals surface area contributed by atoms with E-state index >= 15 is 0 Å². The summed E-state index contributed by atoms with van der Waals surface area (Å²) in [5.41, 5.74) is 5.25. The number of allylic oxidation sites excluding steroid dienone is 5. The van der Waals surface area contributed by atoms with Crippen LogP contribution in [0.5, 0.6) is 0 Å². The Hall–Kier alpha value is -2.34. The van der Waals surface area contributed by atoms with Crippen LogP contribution in [0.25, 0.3) is 11.6 Å². The monoisotopic (exact) mass is 244 g/mol. The Kier molecular flexibility index (Phi) is 3.42. The third kappa shape index (κ3) is 2.74. The van der Waals surface area contributed by atoms with E-state index in [4.69, 9.17) is 0 Å². The van der Waals surface area contributed by atoms with Crippen LogP contribution in [0.1, 0.15) is 17.5 Å². The van der Waals surface area contributed by atoms with Gasteiger partial charge in [-0.2, -0.15) is 0 Å². The molecular weight excluding hydrogens is 228 g/mol. The molecule has 0 heterocycles. The molecule has 0 bridgehead atoms. The fourth-order valence-electron chi connectivity index (χ4n) is 2.36. The third-order valence-electron chi connectivity index (χ3n) is 3.31. The first-order valence-electron chi connectivity index (χ1n) is 6.62. The Balaban J connectivity index is 2.00. The molecule has 0 aromatic heterocycles. The maximum Gasteiger partial charge on any atom is -0.00879 e. The summed E-state index contributed by atoms with van der Waals surface area (Å²) in [5, 5.41) is 0. The second kappa shape index (κ2) is 5.53. The SMILES string of the molecule is C1=CCC(=Cc2ccccc2)C(c2ccccc2)=C1. The van der Waals surface area contributed by atoms with Crippen LogP contribution in [-0.4, -0.2) is 0 Å². The zero-order valence-electron chi connectivity index (χ0n) is 10.8. The van der Waals surface area contributed by atoms with Crippen molar-refractivity contribution < 1.29 is 0 Å². The van der Waals surface area contributed by atoms with Gasteiger partial charge in [-0.3, -0.25) is 0 Å². The van der Waals surface area contributed by atoms with Crippen LogP contribution in [0.2, 0.25) is 0 Å². The molecule has 0 fully saturated rings. The van der Waals surface area contributed by atoms with Crippen molar-refractivity contribution in [1.29, 1.82) is 0 Å². The molecule has 0 N–H and O–H groups in total. The Labute approximate surface area is 114 Å². The molecule has 0 unspecified atom stereocenters. The summed E-state index contributed by atoms with van der Waals surface area (Å²) in [6.07, 6.45) is 9.83. The Morgan fingerprint density at radius 3 is 2.21 bits per heavy atom. The molecule has 0 heteroatoms. The average Bonchev–Trinajstić information content (AvgIpc) is 2.50. The molecule has 2 aromatic carbocycles. The van der Waals surface area contributed by atoms with Gasteiger partial charge >= 0.3 is 0 Å². The van der Waals surface area contributed by atoms with Crippen molar-refractivity contribution >= 4 is 11.6 Å². The molecule has 3 rings (SSSR count). The maximum atomic E-state index is 2.28. The van der Waals surface area contributed by atoms with Crippen LogP contribution in [-0.2, 0) is 0 Å². The van der Waals surface area contributed by atoms with E-state index < -0.39 is 0 Å². The molecule has 1 aliphatic carbocycles. The fraction of sp³-hybridized carbons (Fsp3) is 0.0526. The lowest BCUT2D eigenvalue weighted by Gasteiger charge is -2.14.